The molecule has 2 atom stereocenters. The number of morpholine rings is 1. The lowest BCUT2D eigenvalue weighted by molar-refractivity contribution is -0.123. The van der Waals surface area contributed by atoms with Gasteiger partial charge in [-0.3, -0.25) is 9.59 Å². The lowest BCUT2D eigenvalue weighted by Crippen LogP contribution is -2.53. The van der Waals surface area contributed by atoms with Gasteiger partial charge in [0.1, 0.15) is 12.3 Å². The molecular weight excluding hydrogens is 310 g/mol. The minimum absolute atomic E-state index is 0.166. The van der Waals surface area contributed by atoms with E-state index >= 15 is 0 Å². The van der Waals surface area contributed by atoms with Crippen molar-refractivity contribution in [1.82, 2.24) is 5.32 Å². The Morgan fingerprint density at radius 3 is 2.71 bits per heavy atom. The van der Waals surface area contributed by atoms with Crippen molar-refractivity contribution in [2.45, 2.75) is 19.1 Å². The second kappa shape index (κ2) is 7.29. The molecule has 0 aliphatic carbocycles. The van der Waals surface area contributed by atoms with Crippen LogP contribution in [0.4, 0.5) is 11.4 Å². The summed E-state index contributed by atoms with van der Waals surface area (Å²) in [6, 6.07) is 8.15. The summed E-state index contributed by atoms with van der Waals surface area (Å²) in [5, 5.41) is 8.73. The number of carbonyl (C=O) groups excluding carboxylic acids is 2. The van der Waals surface area contributed by atoms with E-state index in [9.17, 15) is 9.59 Å². The molecule has 1 aromatic heterocycles. The van der Waals surface area contributed by atoms with E-state index in [0.29, 0.717) is 30.1 Å². The molecule has 2 heterocycles. The molecule has 0 spiro atoms. The number of furan rings is 1. The molecule has 126 valence electrons. The molecular formula is C17H19N3O4. The monoisotopic (exact) mass is 329 g/mol. The minimum atomic E-state index is -0.400. The van der Waals surface area contributed by atoms with Gasteiger partial charge in [-0.25, -0.2) is 0 Å². The van der Waals surface area contributed by atoms with Crippen LogP contribution in [0.5, 0.6) is 0 Å². The summed E-state index contributed by atoms with van der Waals surface area (Å²) >= 11 is 0. The van der Waals surface area contributed by atoms with Crippen molar-refractivity contribution >= 4 is 23.2 Å². The fourth-order valence-corrected chi connectivity index (χ4v) is 2.52. The molecule has 3 rings (SSSR count). The van der Waals surface area contributed by atoms with Crippen LogP contribution >= 0.6 is 0 Å². The van der Waals surface area contributed by atoms with E-state index in [-0.39, 0.29) is 17.9 Å². The number of hydrogen-bond acceptors (Lipinski definition) is 5. The maximum absolute atomic E-state index is 12.3. The van der Waals surface area contributed by atoms with E-state index in [0.717, 1.165) is 0 Å². The largest absolute Gasteiger partial charge is 0.472 e. The first-order valence-electron chi connectivity index (χ1n) is 7.73. The van der Waals surface area contributed by atoms with Crippen LogP contribution < -0.4 is 16.0 Å². The van der Waals surface area contributed by atoms with Crippen molar-refractivity contribution in [3.8, 4) is 0 Å². The first-order valence-corrected chi connectivity index (χ1v) is 7.73. The average Bonchev–Trinajstić information content (AvgIpc) is 3.10. The summed E-state index contributed by atoms with van der Waals surface area (Å²) < 4.78 is 10.4. The Kier molecular flexibility index (Phi) is 4.93. The highest BCUT2D eigenvalue weighted by Crippen LogP contribution is 2.17. The van der Waals surface area contributed by atoms with Gasteiger partial charge in [-0.15, -0.1) is 0 Å². The van der Waals surface area contributed by atoms with Crippen LogP contribution in [-0.4, -0.2) is 37.1 Å². The third-order valence-electron chi connectivity index (χ3n) is 3.77. The Balaban J connectivity index is 1.64. The van der Waals surface area contributed by atoms with Crippen LogP contribution in [0.15, 0.2) is 47.3 Å². The lowest BCUT2D eigenvalue weighted by atomic mass is 10.1. The first-order chi connectivity index (χ1) is 11.6. The Hall–Kier alpha value is -2.64. The zero-order valence-electron chi connectivity index (χ0n) is 13.2. The number of anilines is 2. The van der Waals surface area contributed by atoms with E-state index in [1.807, 2.05) is 6.92 Å². The molecule has 0 saturated carbocycles. The van der Waals surface area contributed by atoms with Crippen LogP contribution in [0.1, 0.15) is 17.3 Å². The topological polar surface area (TPSA) is 92.6 Å². The molecule has 0 radical (unpaired) electrons. The molecule has 2 aromatic rings. The number of benzene rings is 1. The summed E-state index contributed by atoms with van der Waals surface area (Å²) in [4.78, 5) is 24.4. The lowest BCUT2D eigenvalue weighted by Gasteiger charge is -2.29. The summed E-state index contributed by atoms with van der Waals surface area (Å²) in [5.74, 6) is -0.441. The van der Waals surface area contributed by atoms with E-state index in [1.54, 1.807) is 30.3 Å². The van der Waals surface area contributed by atoms with Crippen LogP contribution in [0.25, 0.3) is 0 Å². The smallest absolute Gasteiger partial charge is 0.258 e. The fraction of sp³-hybridized carbons (Fsp3) is 0.294. The van der Waals surface area contributed by atoms with Crippen LogP contribution in [-0.2, 0) is 9.53 Å². The van der Waals surface area contributed by atoms with Crippen molar-refractivity contribution < 1.29 is 18.7 Å². The zero-order valence-corrected chi connectivity index (χ0v) is 13.2. The highest BCUT2D eigenvalue weighted by Gasteiger charge is 2.28. The molecule has 1 fully saturated rings. The Morgan fingerprint density at radius 1 is 1.21 bits per heavy atom. The van der Waals surface area contributed by atoms with Gasteiger partial charge < -0.3 is 25.1 Å². The average molecular weight is 329 g/mol. The molecule has 1 aliphatic rings. The molecule has 1 aromatic carbocycles. The number of rotatable bonds is 4. The van der Waals surface area contributed by atoms with E-state index in [1.165, 1.54) is 12.5 Å². The van der Waals surface area contributed by atoms with Gasteiger partial charge in [0.05, 0.1) is 24.5 Å². The predicted octanol–water partition coefficient (Wildman–Crippen LogP) is 1.85. The van der Waals surface area contributed by atoms with Crippen LogP contribution in [0.3, 0.4) is 0 Å². The van der Waals surface area contributed by atoms with Crippen LogP contribution in [0, 0.1) is 0 Å². The molecule has 24 heavy (non-hydrogen) atoms. The van der Waals surface area contributed by atoms with Crippen molar-refractivity contribution in [3.63, 3.8) is 0 Å². The van der Waals surface area contributed by atoms with E-state index in [2.05, 4.69) is 16.0 Å². The standard InChI is InChI=1S/C17H19N3O4/c1-11-15(18-6-8-24-11)17(22)20-14-4-2-3-13(9-14)19-16(21)12-5-7-23-10-12/h2-5,7,9-11,15,18H,6,8H2,1H3,(H,19,21)(H,20,22)/t11-,15+/m1/s1. The number of hydrogen-bond donors (Lipinski definition) is 3. The molecule has 2 amide bonds. The molecule has 1 saturated heterocycles. The third-order valence-corrected chi connectivity index (χ3v) is 3.77. The Labute approximate surface area is 139 Å². The zero-order chi connectivity index (χ0) is 16.9. The summed E-state index contributed by atoms with van der Waals surface area (Å²) in [5.41, 5.74) is 1.62. The number of nitrogens with one attached hydrogen (secondary N) is 3. The molecule has 7 heteroatoms. The maximum Gasteiger partial charge on any atom is 0.258 e. The van der Waals surface area contributed by atoms with Gasteiger partial charge >= 0.3 is 0 Å². The van der Waals surface area contributed by atoms with E-state index in [4.69, 9.17) is 9.15 Å². The van der Waals surface area contributed by atoms with Gasteiger partial charge in [-0.2, -0.15) is 0 Å². The quantitative estimate of drug-likeness (QED) is 0.796. The van der Waals surface area contributed by atoms with Crippen molar-refractivity contribution in [3.05, 3.63) is 48.4 Å². The predicted molar refractivity (Wildman–Crippen MR) is 88.9 cm³/mol. The molecule has 1 aliphatic heterocycles. The fourth-order valence-electron chi connectivity index (χ4n) is 2.52. The molecule has 7 nitrogen and oxygen atoms in total. The van der Waals surface area contributed by atoms with Gasteiger partial charge in [0.15, 0.2) is 0 Å². The number of ether oxygens (including phenoxy) is 1. The summed E-state index contributed by atoms with van der Waals surface area (Å²) in [6.45, 7) is 3.10. The maximum atomic E-state index is 12.3. The SMILES string of the molecule is C[C@H]1OCCN[C@@H]1C(=O)Nc1cccc(NC(=O)c2ccoc2)c1. The van der Waals surface area contributed by atoms with Crippen LogP contribution in [0.2, 0.25) is 0 Å². The first kappa shape index (κ1) is 16.2. The number of amides is 2. The minimum Gasteiger partial charge on any atom is -0.472 e. The van der Waals surface area contributed by atoms with Crippen molar-refractivity contribution in [2.75, 3.05) is 23.8 Å². The molecule has 3 N–H and O–H groups in total. The summed E-state index contributed by atoms with van der Waals surface area (Å²) in [7, 11) is 0. The summed E-state index contributed by atoms with van der Waals surface area (Å²) in [6.07, 6.45) is 2.62. The van der Waals surface area contributed by atoms with Gasteiger partial charge in [-0.05, 0) is 31.2 Å². The Bertz CT molecular complexity index is 714. The second-order valence-electron chi connectivity index (χ2n) is 5.54. The normalized spacial score (nSPS) is 20.4. The Morgan fingerprint density at radius 2 is 2.00 bits per heavy atom. The molecule has 0 unspecified atom stereocenters. The highest BCUT2D eigenvalue weighted by atomic mass is 16.5. The van der Waals surface area contributed by atoms with E-state index < -0.39 is 6.04 Å². The highest BCUT2D eigenvalue weighted by molar-refractivity contribution is 6.04. The van der Waals surface area contributed by atoms with Gasteiger partial charge in [0.2, 0.25) is 5.91 Å². The molecule has 0 bridgehead atoms. The van der Waals surface area contributed by atoms with Crippen molar-refractivity contribution in [2.24, 2.45) is 0 Å². The van der Waals surface area contributed by atoms with Gasteiger partial charge in [-0.1, -0.05) is 6.07 Å². The third kappa shape index (κ3) is 3.81. The van der Waals surface area contributed by atoms with Gasteiger partial charge in [0, 0.05) is 17.9 Å². The second-order valence-corrected chi connectivity index (χ2v) is 5.54. The van der Waals surface area contributed by atoms with Crippen molar-refractivity contribution in [1.29, 1.82) is 0 Å². The van der Waals surface area contributed by atoms with Gasteiger partial charge in [0.25, 0.3) is 5.91 Å². The number of carbonyl (C=O) groups is 2.